The Bertz CT molecular complexity index is 1480. The summed E-state index contributed by atoms with van der Waals surface area (Å²) in [6, 6.07) is 27.1. The van der Waals surface area contributed by atoms with Crippen molar-refractivity contribution in [3.63, 3.8) is 0 Å². The van der Waals surface area contributed by atoms with Crippen LogP contribution in [0.2, 0.25) is 0 Å². The molecule has 204 valence electrons. The minimum absolute atomic E-state index is 0.0575. The maximum atomic E-state index is 13.6. The van der Waals surface area contributed by atoms with Gasteiger partial charge in [-0.25, -0.2) is 18.5 Å². The number of benzene rings is 4. The topological polar surface area (TPSA) is 32.8 Å². The summed E-state index contributed by atoms with van der Waals surface area (Å²) in [5.41, 5.74) is 2.87. The normalized spacial score (nSPS) is 17.2. The number of amides is 1. The van der Waals surface area contributed by atoms with Gasteiger partial charge in [-0.3, -0.25) is 0 Å². The van der Waals surface area contributed by atoms with Crippen LogP contribution in [0.5, 0.6) is 0 Å². The van der Waals surface area contributed by atoms with Crippen molar-refractivity contribution in [2.24, 2.45) is 0 Å². The van der Waals surface area contributed by atoms with Crippen molar-refractivity contribution in [2.45, 2.75) is 37.2 Å². The van der Waals surface area contributed by atoms with Crippen molar-refractivity contribution >= 4 is 22.6 Å². The third kappa shape index (κ3) is 5.00. The number of likely N-dealkylation sites (tertiary alicyclic amines) is 1. The standard InChI is InChI=1S/C34H32F2N2O2/c1-24-34(40-33(39)38(24)32-10-4-7-25-6-2-3-8-31(25)32)19-22-37(23-20-34)21-5-9-30(26-11-15-28(35)16-12-26)27-13-17-29(36)18-14-27/h2-4,6-8,10-18,30H,1,5,9,19-23H2. The number of rotatable bonds is 7. The van der Waals surface area contributed by atoms with E-state index in [9.17, 15) is 13.6 Å². The lowest BCUT2D eigenvalue weighted by molar-refractivity contribution is 0.0147. The molecule has 0 aromatic heterocycles. The van der Waals surface area contributed by atoms with Crippen LogP contribution >= 0.6 is 0 Å². The van der Waals surface area contributed by atoms with Gasteiger partial charge in [0.1, 0.15) is 11.6 Å². The molecular weight excluding hydrogens is 506 g/mol. The van der Waals surface area contributed by atoms with E-state index in [1.807, 2.05) is 66.7 Å². The van der Waals surface area contributed by atoms with Crippen LogP contribution in [0.3, 0.4) is 0 Å². The summed E-state index contributed by atoms with van der Waals surface area (Å²) >= 11 is 0. The van der Waals surface area contributed by atoms with Crippen LogP contribution in [-0.2, 0) is 4.74 Å². The molecule has 6 rings (SSSR count). The molecule has 2 aliphatic rings. The van der Waals surface area contributed by atoms with Crippen LogP contribution in [0, 0.1) is 11.6 Å². The summed E-state index contributed by atoms with van der Waals surface area (Å²) in [7, 11) is 0. The number of hydrogen-bond acceptors (Lipinski definition) is 3. The molecule has 1 spiro atoms. The Morgan fingerprint density at radius 2 is 1.43 bits per heavy atom. The van der Waals surface area contributed by atoms with Gasteiger partial charge in [0.15, 0.2) is 5.60 Å². The van der Waals surface area contributed by atoms with E-state index in [0.717, 1.165) is 60.1 Å². The van der Waals surface area contributed by atoms with Gasteiger partial charge in [0, 0.05) is 37.2 Å². The number of ether oxygens (including phenoxy) is 1. The van der Waals surface area contributed by atoms with Gasteiger partial charge in [0.2, 0.25) is 0 Å². The lowest BCUT2D eigenvalue weighted by Crippen LogP contribution is -2.45. The van der Waals surface area contributed by atoms with Gasteiger partial charge in [-0.05, 0) is 66.2 Å². The lowest BCUT2D eigenvalue weighted by Gasteiger charge is -2.38. The number of nitrogens with zero attached hydrogens (tertiary/aromatic N) is 2. The second-order valence-electron chi connectivity index (χ2n) is 10.8. The van der Waals surface area contributed by atoms with Gasteiger partial charge in [0.05, 0.1) is 11.4 Å². The average Bonchev–Trinajstić information content (AvgIpc) is 3.21. The third-order valence-electron chi connectivity index (χ3n) is 8.44. The van der Waals surface area contributed by atoms with Gasteiger partial charge in [-0.2, -0.15) is 0 Å². The van der Waals surface area contributed by atoms with E-state index in [4.69, 9.17) is 4.74 Å². The van der Waals surface area contributed by atoms with Crippen LogP contribution < -0.4 is 4.90 Å². The number of fused-ring (bicyclic) bond motifs is 1. The van der Waals surface area contributed by atoms with E-state index in [1.165, 1.54) is 24.3 Å². The summed E-state index contributed by atoms with van der Waals surface area (Å²) in [6.45, 7) is 6.83. The number of piperidine rings is 1. The first-order valence-electron chi connectivity index (χ1n) is 13.9. The third-order valence-corrected chi connectivity index (χ3v) is 8.44. The summed E-state index contributed by atoms with van der Waals surface area (Å²) in [5, 5.41) is 2.06. The highest BCUT2D eigenvalue weighted by Crippen LogP contribution is 2.44. The van der Waals surface area contributed by atoms with Crippen LogP contribution in [0.1, 0.15) is 42.7 Å². The summed E-state index contributed by atoms with van der Waals surface area (Å²) in [5.74, 6) is -0.476. The Kier molecular flexibility index (Phi) is 7.11. The van der Waals surface area contributed by atoms with Gasteiger partial charge in [-0.1, -0.05) is 67.2 Å². The summed E-state index contributed by atoms with van der Waals surface area (Å²) < 4.78 is 33.2. The average molecular weight is 539 g/mol. The number of anilines is 1. The molecule has 1 amide bonds. The molecule has 4 nitrogen and oxygen atoms in total. The highest BCUT2D eigenvalue weighted by Gasteiger charge is 2.51. The van der Waals surface area contributed by atoms with Gasteiger partial charge >= 0.3 is 6.09 Å². The fourth-order valence-electron chi connectivity index (χ4n) is 6.20. The monoisotopic (exact) mass is 538 g/mol. The maximum absolute atomic E-state index is 13.6. The zero-order chi connectivity index (χ0) is 27.7. The molecule has 40 heavy (non-hydrogen) atoms. The van der Waals surface area contributed by atoms with Crippen molar-refractivity contribution in [1.29, 1.82) is 0 Å². The van der Waals surface area contributed by atoms with Crippen molar-refractivity contribution in [2.75, 3.05) is 24.5 Å². The Labute approximate surface area is 233 Å². The number of carbonyl (C=O) groups is 1. The Hall–Kier alpha value is -4.03. The molecule has 2 saturated heterocycles. The zero-order valence-electron chi connectivity index (χ0n) is 22.4. The molecule has 4 aromatic rings. The van der Waals surface area contributed by atoms with Crippen molar-refractivity contribution < 1.29 is 18.3 Å². The quantitative estimate of drug-likeness (QED) is 0.239. The molecule has 4 aromatic carbocycles. The minimum Gasteiger partial charge on any atom is -0.436 e. The predicted molar refractivity (Wildman–Crippen MR) is 154 cm³/mol. The van der Waals surface area contributed by atoms with Gasteiger partial charge < -0.3 is 9.64 Å². The smallest absolute Gasteiger partial charge is 0.419 e. The SMILES string of the molecule is C=C1N(c2cccc3ccccc23)C(=O)OC12CCN(CCCC(c1ccc(F)cc1)c1ccc(F)cc1)CC2. The van der Waals surface area contributed by atoms with Gasteiger partial charge in [0.25, 0.3) is 0 Å². The van der Waals surface area contributed by atoms with Crippen molar-refractivity contribution in [3.05, 3.63) is 126 Å². The molecule has 0 saturated carbocycles. The number of hydrogen-bond donors (Lipinski definition) is 0. The zero-order valence-corrected chi connectivity index (χ0v) is 22.4. The second-order valence-corrected chi connectivity index (χ2v) is 10.8. The lowest BCUT2D eigenvalue weighted by atomic mass is 9.86. The minimum atomic E-state index is -0.685. The molecule has 0 radical (unpaired) electrons. The molecule has 0 aliphatic carbocycles. The van der Waals surface area contributed by atoms with E-state index in [0.29, 0.717) is 18.5 Å². The van der Waals surface area contributed by atoms with Crippen LogP contribution in [-0.4, -0.2) is 36.2 Å². The van der Waals surface area contributed by atoms with E-state index in [1.54, 1.807) is 4.90 Å². The van der Waals surface area contributed by atoms with Crippen LogP contribution in [0.15, 0.2) is 103 Å². The molecule has 0 N–H and O–H groups in total. The molecule has 0 atom stereocenters. The van der Waals surface area contributed by atoms with E-state index in [2.05, 4.69) is 11.5 Å². The Morgan fingerprint density at radius 1 is 0.825 bits per heavy atom. The van der Waals surface area contributed by atoms with Gasteiger partial charge in [-0.15, -0.1) is 0 Å². The molecule has 2 fully saturated rings. The first-order valence-corrected chi connectivity index (χ1v) is 13.9. The molecule has 0 bridgehead atoms. The summed E-state index contributed by atoms with van der Waals surface area (Å²) in [6.07, 6.45) is 2.80. The second kappa shape index (κ2) is 10.9. The van der Waals surface area contributed by atoms with E-state index in [-0.39, 0.29) is 23.6 Å². The molecule has 2 aliphatic heterocycles. The summed E-state index contributed by atoms with van der Waals surface area (Å²) in [4.78, 5) is 17.2. The fraction of sp³-hybridized carbons (Fsp3) is 0.265. The molecule has 0 unspecified atom stereocenters. The fourth-order valence-corrected chi connectivity index (χ4v) is 6.20. The van der Waals surface area contributed by atoms with Crippen molar-refractivity contribution in [3.8, 4) is 0 Å². The van der Waals surface area contributed by atoms with E-state index < -0.39 is 5.60 Å². The maximum Gasteiger partial charge on any atom is 0.419 e. The van der Waals surface area contributed by atoms with E-state index >= 15 is 0 Å². The molecule has 2 heterocycles. The first-order chi connectivity index (χ1) is 19.4. The molecular formula is C34H32F2N2O2. The Morgan fingerprint density at radius 3 is 2.08 bits per heavy atom. The highest BCUT2D eigenvalue weighted by atomic mass is 19.1. The largest absolute Gasteiger partial charge is 0.436 e. The highest BCUT2D eigenvalue weighted by molar-refractivity contribution is 6.05. The molecule has 6 heteroatoms. The number of halogens is 2. The van der Waals surface area contributed by atoms with Crippen LogP contribution in [0.4, 0.5) is 19.3 Å². The van der Waals surface area contributed by atoms with Crippen molar-refractivity contribution in [1.82, 2.24) is 4.90 Å². The Balaban J connectivity index is 1.10. The first kappa shape index (κ1) is 26.2. The number of carbonyl (C=O) groups excluding carboxylic acids is 1. The predicted octanol–water partition coefficient (Wildman–Crippen LogP) is 8.04. The van der Waals surface area contributed by atoms with Crippen LogP contribution in [0.25, 0.3) is 10.8 Å².